The van der Waals surface area contributed by atoms with E-state index in [-0.39, 0.29) is 23.9 Å². The van der Waals surface area contributed by atoms with Crippen LogP contribution in [0.1, 0.15) is 31.2 Å². The molecule has 2 saturated heterocycles. The predicted octanol–water partition coefficient (Wildman–Crippen LogP) is 2.25. The van der Waals surface area contributed by atoms with Gasteiger partial charge in [-0.05, 0) is 50.6 Å². The number of nitrogens with zero attached hydrogens (tertiary/aromatic N) is 2. The molecule has 0 radical (unpaired) electrons. The number of amides is 2. The monoisotopic (exact) mass is 290 g/mol. The van der Waals surface area contributed by atoms with Crippen LogP contribution in [0.3, 0.4) is 0 Å². The number of carbonyl (C=O) groups is 2. The second-order valence-electron chi connectivity index (χ2n) is 5.84. The van der Waals surface area contributed by atoms with Gasteiger partial charge in [-0.15, -0.1) is 0 Å². The minimum atomic E-state index is -0.518. The Hall–Kier alpha value is -1.75. The molecule has 1 aromatic carbocycles. The minimum absolute atomic E-state index is 0.0788. The number of rotatable bonds is 2. The Balaban J connectivity index is 1.86. The number of likely N-dealkylation sites (tertiary alicyclic amines) is 1. The Morgan fingerprint density at radius 3 is 2.52 bits per heavy atom. The smallest absolute Gasteiger partial charge is 0.251 e. The Bertz CT molecular complexity index is 582. The topological polar surface area (TPSA) is 40.6 Å². The molecule has 2 heterocycles. The molecule has 0 N–H and O–H groups in total. The number of hydrogen-bond acceptors (Lipinski definition) is 3. The lowest BCUT2D eigenvalue weighted by atomic mass is 10.1. The van der Waals surface area contributed by atoms with E-state index in [4.69, 9.17) is 0 Å². The quantitative estimate of drug-likeness (QED) is 0.784. The summed E-state index contributed by atoms with van der Waals surface area (Å²) in [6, 6.07) is 4.16. The van der Waals surface area contributed by atoms with Gasteiger partial charge in [-0.1, -0.05) is 12.5 Å². The Labute approximate surface area is 123 Å². The molecule has 0 aliphatic carbocycles. The number of halogens is 1. The third kappa shape index (κ3) is 2.58. The van der Waals surface area contributed by atoms with Crippen molar-refractivity contribution in [2.45, 2.75) is 38.6 Å². The highest BCUT2D eigenvalue weighted by atomic mass is 19.1. The molecule has 5 heteroatoms. The van der Waals surface area contributed by atoms with Crippen LogP contribution in [0.4, 0.5) is 10.1 Å². The molecule has 1 aromatic rings. The van der Waals surface area contributed by atoms with Crippen molar-refractivity contribution in [1.29, 1.82) is 0 Å². The summed E-state index contributed by atoms with van der Waals surface area (Å²) in [5.74, 6) is -1.11. The molecule has 3 rings (SSSR count). The van der Waals surface area contributed by atoms with E-state index in [0.29, 0.717) is 0 Å². The second-order valence-corrected chi connectivity index (χ2v) is 5.84. The van der Waals surface area contributed by atoms with Crippen LogP contribution in [-0.4, -0.2) is 35.8 Å². The maximum atomic E-state index is 14.1. The molecule has 0 saturated carbocycles. The fourth-order valence-corrected chi connectivity index (χ4v) is 3.18. The molecule has 2 aliphatic rings. The highest BCUT2D eigenvalue weighted by Gasteiger charge is 2.43. The van der Waals surface area contributed by atoms with E-state index in [9.17, 15) is 14.0 Å². The molecule has 2 fully saturated rings. The van der Waals surface area contributed by atoms with Gasteiger partial charge >= 0.3 is 0 Å². The fourth-order valence-electron chi connectivity index (χ4n) is 3.18. The van der Waals surface area contributed by atoms with Crippen molar-refractivity contribution in [3.8, 4) is 0 Å². The van der Waals surface area contributed by atoms with E-state index in [2.05, 4.69) is 4.90 Å². The highest BCUT2D eigenvalue weighted by molar-refractivity contribution is 6.22. The third-order valence-electron chi connectivity index (χ3n) is 4.30. The summed E-state index contributed by atoms with van der Waals surface area (Å²) in [5.41, 5.74) is 0.845. The Morgan fingerprint density at radius 1 is 1.14 bits per heavy atom. The van der Waals surface area contributed by atoms with E-state index in [1.807, 2.05) is 0 Å². The van der Waals surface area contributed by atoms with E-state index < -0.39 is 11.9 Å². The van der Waals surface area contributed by atoms with Gasteiger partial charge in [-0.3, -0.25) is 14.5 Å². The van der Waals surface area contributed by atoms with Crippen molar-refractivity contribution in [2.75, 3.05) is 18.0 Å². The normalized spacial score (nSPS) is 23.9. The maximum Gasteiger partial charge on any atom is 0.251 e. The van der Waals surface area contributed by atoms with Gasteiger partial charge in [0.25, 0.3) is 5.91 Å². The molecule has 112 valence electrons. The van der Waals surface area contributed by atoms with Crippen LogP contribution in [0.25, 0.3) is 0 Å². The van der Waals surface area contributed by atoms with Gasteiger partial charge in [0.2, 0.25) is 5.91 Å². The fraction of sp³-hybridized carbons (Fsp3) is 0.500. The summed E-state index contributed by atoms with van der Waals surface area (Å²) in [5, 5.41) is 0. The zero-order chi connectivity index (χ0) is 15.0. The predicted molar refractivity (Wildman–Crippen MR) is 77.5 cm³/mol. The van der Waals surface area contributed by atoms with Crippen LogP contribution in [0.2, 0.25) is 0 Å². The number of imide groups is 1. The third-order valence-corrected chi connectivity index (χ3v) is 4.30. The van der Waals surface area contributed by atoms with E-state index in [1.165, 1.54) is 18.6 Å². The first-order valence-electron chi connectivity index (χ1n) is 7.45. The SMILES string of the molecule is Cc1ccc(N2C(=O)CC(N3CCCCC3)C2=O)c(F)c1. The van der Waals surface area contributed by atoms with Crippen molar-refractivity contribution in [3.05, 3.63) is 29.6 Å². The standard InChI is InChI=1S/C16H19FN2O2/c1-11-5-6-13(12(17)9-11)19-15(20)10-14(16(19)21)18-7-3-2-4-8-18/h5-6,9,14H,2-4,7-8,10H2,1H3. The molecule has 4 nitrogen and oxygen atoms in total. The van der Waals surface area contributed by atoms with Gasteiger partial charge in [0.15, 0.2) is 0 Å². The van der Waals surface area contributed by atoms with Crippen LogP contribution >= 0.6 is 0 Å². The van der Waals surface area contributed by atoms with E-state index in [0.717, 1.165) is 36.4 Å². The van der Waals surface area contributed by atoms with E-state index >= 15 is 0 Å². The summed E-state index contributed by atoms with van der Waals surface area (Å²) in [7, 11) is 0. The molecule has 2 amide bonds. The molecule has 1 unspecified atom stereocenters. The van der Waals surface area contributed by atoms with Crippen molar-refractivity contribution in [1.82, 2.24) is 4.90 Å². The number of piperidine rings is 1. The van der Waals surface area contributed by atoms with Crippen molar-refractivity contribution >= 4 is 17.5 Å². The Kier molecular flexibility index (Phi) is 3.76. The average Bonchev–Trinajstić information content (AvgIpc) is 2.76. The van der Waals surface area contributed by atoms with Gasteiger partial charge in [0.1, 0.15) is 5.82 Å². The Morgan fingerprint density at radius 2 is 1.86 bits per heavy atom. The average molecular weight is 290 g/mol. The van der Waals surface area contributed by atoms with Crippen LogP contribution in [-0.2, 0) is 9.59 Å². The summed E-state index contributed by atoms with van der Waals surface area (Å²) < 4.78 is 14.1. The van der Waals surface area contributed by atoms with Gasteiger partial charge in [-0.2, -0.15) is 0 Å². The largest absolute Gasteiger partial charge is 0.292 e. The van der Waals surface area contributed by atoms with Crippen LogP contribution in [0, 0.1) is 12.7 Å². The van der Waals surface area contributed by atoms with Crippen LogP contribution in [0.5, 0.6) is 0 Å². The summed E-state index contributed by atoms with van der Waals surface area (Å²) in [6.45, 7) is 3.46. The number of aryl methyl sites for hydroxylation is 1. The number of benzene rings is 1. The highest BCUT2D eigenvalue weighted by Crippen LogP contribution is 2.29. The number of carbonyl (C=O) groups excluding carboxylic acids is 2. The first-order valence-corrected chi connectivity index (χ1v) is 7.45. The van der Waals surface area contributed by atoms with Gasteiger partial charge < -0.3 is 0 Å². The number of anilines is 1. The van der Waals surface area contributed by atoms with Crippen molar-refractivity contribution < 1.29 is 14.0 Å². The zero-order valence-corrected chi connectivity index (χ0v) is 12.1. The van der Waals surface area contributed by atoms with Gasteiger partial charge in [0.05, 0.1) is 18.2 Å². The maximum absolute atomic E-state index is 14.1. The lowest BCUT2D eigenvalue weighted by molar-refractivity contribution is -0.123. The number of hydrogen-bond donors (Lipinski definition) is 0. The second kappa shape index (κ2) is 5.56. The molecule has 2 aliphatic heterocycles. The van der Waals surface area contributed by atoms with Gasteiger partial charge in [-0.25, -0.2) is 9.29 Å². The lowest BCUT2D eigenvalue weighted by Crippen LogP contribution is -2.44. The summed E-state index contributed by atoms with van der Waals surface area (Å²) in [4.78, 5) is 27.8. The zero-order valence-electron chi connectivity index (χ0n) is 12.1. The van der Waals surface area contributed by atoms with Gasteiger partial charge in [0, 0.05) is 0 Å². The molecule has 0 bridgehead atoms. The van der Waals surface area contributed by atoms with E-state index in [1.54, 1.807) is 13.0 Å². The molecular formula is C16H19FN2O2. The first-order chi connectivity index (χ1) is 10.1. The molecule has 0 aromatic heterocycles. The van der Waals surface area contributed by atoms with Crippen LogP contribution < -0.4 is 4.90 Å². The molecule has 0 spiro atoms. The summed E-state index contributed by atoms with van der Waals surface area (Å²) in [6.07, 6.45) is 3.43. The molecule has 21 heavy (non-hydrogen) atoms. The van der Waals surface area contributed by atoms with Crippen molar-refractivity contribution in [2.24, 2.45) is 0 Å². The lowest BCUT2D eigenvalue weighted by Gasteiger charge is -2.30. The first kappa shape index (κ1) is 14.2. The molecule has 1 atom stereocenters. The van der Waals surface area contributed by atoms with Crippen molar-refractivity contribution in [3.63, 3.8) is 0 Å². The minimum Gasteiger partial charge on any atom is -0.292 e. The molecular weight excluding hydrogens is 271 g/mol. The van der Waals surface area contributed by atoms with Crippen LogP contribution in [0.15, 0.2) is 18.2 Å². The summed E-state index contributed by atoms with van der Waals surface area (Å²) >= 11 is 0.